The standard InChI is InChI=1S/C12H18N4O/c1-8(2)10(7-17-3)16-12-11(14)9(6-13)4-5-15-12/h4-5,8,10H,7,14H2,1-3H3,(H,15,16). The van der Waals surface area contributed by atoms with E-state index in [-0.39, 0.29) is 6.04 Å². The first kappa shape index (κ1) is 13.3. The number of hydrogen-bond acceptors (Lipinski definition) is 5. The van der Waals surface area contributed by atoms with Crippen LogP contribution in [0.2, 0.25) is 0 Å². The second kappa shape index (κ2) is 6.06. The lowest BCUT2D eigenvalue weighted by Crippen LogP contribution is -2.31. The molecule has 1 unspecified atom stereocenters. The molecule has 5 heteroatoms. The van der Waals surface area contributed by atoms with Gasteiger partial charge < -0.3 is 15.8 Å². The van der Waals surface area contributed by atoms with Crippen molar-refractivity contribution in [2.45, 2.75) is 19.9 Å². The Morgan fingerprint density at radius 3 is 2.82 bits per heavy atom. The van der Waals surface area contributed by atoms with Crippen LogP contribution in [0.25, 0.3) is 0 Å². The third kappa shape index (κ3) is 3.33. The Bertz CT molecular complexity index is 411. The van der Waals surface area contributed by atoms with Gasteiger partial charge in [0.1, 0.15) is 6.07 Å². The molecule has 0 aliphatic rings. The Morgan fingerprint density at radius 1 is 1.59 bits per heavy atom. The third-order valence-corrected chi connectivity index (χ3v) is 2.58. The van der Waals surface area contributed by atoms with Crippen LogP contribution in [0.5, 0.6) is 0 Å². The second-order valence-corrected chi connectivity index (χ2v) is 4.18. The average Bonchev–Trinajstić information content (AvgIpc) is 2.30. The van der Waals surface area contributed by atoms with E-state index in [2.05, 4.69) is 24.1 Å². The molecule has 1 rings (SSSR count). The van der Waals surface area contributed by atoms with E-state index >= 15 is 0 Å². The Kier molecular flexibility index (Phi) is 4.73. The summed E-state index contributed by atoms with van der Waals surface area (Å²) in [7, 11) is 1.65. The van der Waals surface area contributed by atoms with Gasteiger partial charge in [-0.15, -0.1) is 0 Å². The predicted octanol–water partition coefficient (Wildman–Crippen LogP) is 1.62. The van der Waals surface area contributed by atoms with Crippen LogP contribution in [-0.4, -0.2) is 24.7 Å². The number of nitrogens with zero attached hydrogens (tertiary/aromatic N) is 2. The molecule has 0 amide bonds. The SMILES string of the molecule is COCC(Nc1nccc(C#N)c1N)C(C)C. The lowest BCUT2D eigenvalue weighted by Gasteiger charge is -2.22. The van der Waals surface area contributed by atoms with Crippen molar-refractivity contribution in [3.8, 4) is 6.07 Å². The van der Waals surface area contributed by atoms with E-state index in [1.807, 2.05) is 6.07 Å². The van der Waals surface area contributed by atoms with Crippen molar-refractivity contribution in [2.75, 3.05) is 24.8 Å². The molecule has 3 N–H and O–H groups in total. The minimum absolute atomic E-state index is 0.115. The molecule has 0 bridgehead atoms. The summed E-state index contributed by atoms with van der Waals surface area (Å²) in [5, 5.41) is 12.1. The summed E-state index contributed by atoms with van der Waals surface area (Å²) in [4.78, 5) is 4.15. The number of nitrogen functional groups attached to an aromatic ring is 1. The number of rotatable bonds is 5. The molecule has 0 fully saturated rings. The number of nitriles is 1. The first-order valence-electron chi connectivity index (χ1n) is 5.50. The fraction of sp³-hybridized carbons (Fsp3) is 0.500. The Morgan fingerprint density at radius 2 is 2.29 bits per heavy atom. The normalized spacial score (nSPS) is 12.2. The first-order chi connectivity index (χ1) is 8.10. The molecule has 5 nitrogen and oxygen atoms in total. The van der Waals surface area contributed by atoms with E-state index < -0.39 is 0 Å². The van der Waals surface area contributed by atoms with Crippen LogP contribution >= 0.6 is 0 Å². The van der Waals surface area contributed by atoms with Gasteiger partial charge in [-0.2, -0.15) is 5.26 Å². The largest absolute Gasteiger partial charge is 0.395 e. The van der Waals surface area contributed by atoms with Gasteiger partial charge in [-0.05, 0) is 12.0 Å². The highest BCUT2D eigenvalue weighted by Crippen LogP contribution is 2.21. The smallest absolute Gasteiger partial charge is 0.150 e. The van der Waals surface area contributed by atoms with Gasteiger partial charge in [0.2, 0.25) is 0 Å². The van der Waals surface area contributed by atoms with E-state index in [0.29, 0.717) is 29.6 Å². The molecule has 0 saturated heterocycles. The molecule has 1 atom stereocenters. The number of nitrogens with one attached hydrogen (secondary N) is 1. The quantitative estimate of drug-likeness (QED) is 0.808. The summed E-state index contributed by atoms with van der Waals surface area (Å²) in [5.74, 6) is 0.918. The van der Waals surface area contributed by atoms with E-state index in [1.54, 1.807) is 19.4 Å². The van der Waals surface area contributed by atoms with Crippen LogP contribution in [0, 0.1) is 17.2 Å². The fourth-order valence-corrected chi connectivity index (χ4v) is 1.44. The predicted molar refractivity (Wildman–Crippen MR) is 67.5 cm³/mol. The average molecular weight is 234 g/mol. The second-order valence-electron chi connectivity index (χ2n) is 4.18. The number of methoxy groups -OCH3 is 1. The molecule has 0 aliphatic carbocycles. The molecule has 0 aromatic carbocycles. The molecule has 0 saturated carbocycles. The fourth-order valence-electron chi connectivity index (χ4n) is 1.44. The van der Waals surface area contributed by atoms with Crippen molar-refractivity contribution in [2.24, 2.45) is 5.92 Å². The lowest BCUT2D eigenvalue weighted by molar-refractivity contribution is 0.171. The zero-order valence-corrected chi connectivity index (χ0v) is 10.4. The van der Waals surface area contributed by atoms with E-state index in [4.69, 9.17) is 15.7 Å². The van der Waals surface area contributed by atoms with Crippen LogP contribution in [0.15, 0.2) is 12.3 Å². The van der Waals surface area contributed by atoms with Crippen molar-refractivity contribution in [1.82, 2.24) is 4.98 Å². The number of anilines is 2. The van der Waals surface area contributed by atoms with Gasteiger partial charge >= 0.3 is 0 Å². The summed E-state index contributed by atoms with van der Waals surface area (Å²) in [6.07, 6.45) is 1.57. The van der Waals surface area contributed by atoms with Gasteiger partial charge in [-0.3, -0.25) is 0 Å². The van der Waals surface area contributed by atoms with Crippen molar-refractivity contribution in [3.63, 3.8) is 0 Å². The highest BCUT2D eigenvalue weighted by atomic mass is 16.5. The molecular formula is C12H18N4O. The maximum Gasteiger partial charge on any atom is 0.150 e. The summed E-state index contributed by atoms with van der Waals surface area (Å²) in [6.45, 7) is 4.73. The van der Waals surface area contributed by atoms with E-state index in [0.717, 1.165) is 0 Å². The molecule has 0 spiro atoms. The number of aromatic nitrogens is 1. The first-order valence-corrected chi connectivity index (χ1v) is 5.50. The highest BCUT2D eigenvalue weighted by Gasteiger charge is 2.15. The van der Waals surface area contributed by atoms with Gasteiger partial charge in [0, 0.05) is 13.3 Å². The lowest BCUT2D eigenvalue weighted by atomic mass is 10.1. The van der Waals surface area contributed by atoms with Gasteiger partial charge in [0.15, 0.2) is 5.82 Å². The molecule has 1 heterocycles. The summed E-state index contributed by atoms with van der Waals surface area (Å²) in [6, 6.07) is 3.75. The van der Waals surface area contributed by atoms with Gasteiger partial charge in [-0.25, -0.2) is 4.98 Å². The number of ether oxygens (including phenoxy) is 1. The Balaban J connectivity index is 2.90. The molecule has 17 heavy (non-hydrogen) atoms. The van der Waals surface area contributed by atoms with Crippen molar-refractivity contribution < 1.29 is 4.74 Å². The topological polar surface area (TPSA) is 84.0 Å². The number of pyridine rings is 1. The van der Waals surface area contributed by atoms with Crippen LogP contribution in [0.4, 0.5) is 11.5 Å². The maximum absolute atomic E-state index is 8.88. The molecule has 0 radical (unpaired) electrons. The molecule has 1 aromatic rings. The Labute approximate surface area is 102 Å². The third-order valence-electron chi connectivity index (χ3n) is 2.58. The summed E-state index contributed by atoms with van der Waals surface area (Å²) >= 11 is 0. The van der Waals surface area contributed by atoms with Gasteiger partial charge in [0.25, 0.3) is 0 Å². The minimum atomic E-state index is 0.115. The van der Waals surface area contributed by atoms with Crippen molar-refractivity contribution >= 4 is 11.5 Å². The van der Waals surface area contributed by atoms with Crippen molar-refractivity contribution in [3.05, 3.63) is 17.8 Å². The molecule has 92 valence electrons. The summed E-state index contributed by atoms with van der Waals surface area (Å²) < 4.78 is 5.14. The van der Waals surface area contributed by atoms with Crippen LogP contribution in [0.3, 0.4) is 0 Å². The number of nitrogens with two attached hydrogens (primary N) is 1. The molecular weight excluding hydrogens is 216 g/mol. The molecule has 1 aromatic heterocycles. The van der Waals surface area contributed by atoms with E-state index in [9.17, 15) is 0 Å². The van der Waals surface area contributed by atoms with Gasteiger partial charge in [0.05, 0.1) is 23.9 Å². The van der Waals surface area contributed by atoms with Gasteiger partial charge in [-0.1, -0.05) is 13.8 Å². The zero-order chi connectivity index (χ0) is 12.8. The number of hydrogen-bond donors (Lipinski definition) is 2. The van der Waals surface area contributed by atoms with Crippen molar-refractivity contribution in [1.29, 1.82) is 5.26 Å². The molecule has 0 aliphatic heterocycles. The van der Waals surface area contributed by atoms with E-state index in [1.165, 1.54) is 0 Å². The minimum Gasteiger partial charge on any atom is -0.395 e. The zero-order valence-electron chi connectivity index (χ0n) is 10.4. The summed E-state index contributed by atoms with van der Waals surface area (Å²) in [5.41, 5.74) is 6.67. The maximum atomic E-state index is 8.88. The van der Waals surface area contributed by atoms with Crippen LogP contribution < -0.4 is 11.1 Å². The highest BCUT2D eigenvalue weighted by molar-refractivity contribution is 5.69. The van der Waals surface area contributed by atoms with Crippen LogP contribution in [0.1, 0.15) is 19.4 Å². The monoisotopic (exact) mass is 234 g/mol. The Hall–Kier alpha value is -1.80. The van der Waals surface area contributed by atoms with Crippen LogP contribution in [-0.2, 0) is 4.74 Å².